The van der Waals surface area contributed by atoms with Gasteiger partial charge in [0.15, 0.2) is 6.61 Å². The maximum atomic E-state index is 13.1. The fourth-order valence-electron chi connectivity index (χ4n) is 4.06. The van der Waals surface area contributed by atoms with Gasteiger partial charge in [-0.05, 0) is 61.7 Å². The third-order valence-electron chi connectivity index (χ3n) is 6.15. The van der Waals surface area contributed by atoms with Gasteiger partial charge in [-0.3, -0.25) is 9.59 Å². The number of hydrogen-bond acceptors (Lipinski definition) is 4. The monoisotopic (exact) mass is 484 g/mol. The molecule has 0 bridgehead atoms. The fourth-order valence-corrected chi connectivity index (χ4v) is 4.06. The van der Waals surface area contributed by atoms with Gasteiger partial charge >= 0.3 is 0 Å². The van der Waals surface area contributed by atoms with Crippen molar-refractivity contribution in [2.75, 3.05) is 25.1 Å². The number of anilines is 1. The van der Waals surface area contributed by atoms with Gasteiger partial charge in [-0.2, -0.15) is 0 Å². The average Bonchev–Trinajstić information content (AvgIpc) is 3.24. The van der Waals surface area contributed by atoms with E-state index in [1.807, 2.05) is 91.2 Å². The van der Waals surface area contributed by atoms with Crippen molar-refractivity contribution in [2.24, 2.45) is 0 Å². The van der Waals surface area contributed by atoms with E-state index in [1.165, 1.54) is 0 Å². The van der Waals surface area contributed by atoms with Crippen LogP contribution in [0.4, 0.5) is 5.69 Å². The van der Waals surface area contributed by atoms with Gasteiger partial charge in [0.05, 0.1) is 11.0 Å². The first-order valence-corrected chi connectivity index (χ1v) is 12.1. The van der Waals surface area contributed by atoms with Crippen LogP contribution in [0.2, 0.25) is 0 Å². The number of fused-ring (bicyclic) bond motifs is 1. The van der Waals surface area contributed by atoms with Crippen LogP contribution in [0.3, 0.4) is 0 Å². The van der Waals surface area contributed by atoms with Crippen LogP contribution in [0.25, 0.3) is 11.0 Å². The highest BCUT2D eigenvalue weighted by atomic mass is 16.5. The lowest BCUT2D eigenvalue weighted by molar-refractivity contribution is -0.123. The van der Waals surface area contributed by atoms with Crippen molar-refractivity contribution in [3.63, 3.8) is 0 Å². The van der Waals surface area contributed by atoms with Crippen molar-refractivity contribution in [3.8, 4) is 5.75 Å². The quantitative estimate of drug-likeness (QED) is 0.338. The SMILES string of the molecule is Cc1ccc(C)c(OCC(=O)NCCCc2nc3ccccc3n2CC(=O)N(C)c2ccccc2)c1. The topological polar surface area (TPSA) is 76.5 Å². The zero-order valence-corrected chi connectivity index (χ0v) is 21.0. The van der Waals surface area contributed by atoms with Crippen molar-refractivity contribution >= 4 is 28.5 Å². The summed E-state index contributed by atoms with van der Waals surface area (Å²) in [6, 6.07) is 23.3. The minimum absolute atomic E-state index is 0.0247. The van der Waals surface area contributed by atoms with Crippen molar-refractivity contribution < 1.29 is 14.3 Å². The largest absolute Gasteiger partial charge is 0.483 e. The van der Waals surface area contributed by atoms with Crippen LogP contribution in [0.1, 0.15) is 23.4 Å². The Kier molecular flexibility index (Phi) is 8.00. The lowest BCUT2D eigenvalue weighted by Gasteiger charge is -2.18. The number of aryl methyl sites for hydroxylation is 3. The lowest BCUT2D eigenvalue weighted by Crippen LogP contribution is -2.31. The number of likely N-dealkylation sites (N-methyl/N-ethyl adjacent to an activating group) is 1. The molecule has 1 aromatic heterocycles. The molecule has 3 aromatic carbocycles. The Morgan fingerprint density at radius 1 is 1.00 bits per heavy atom. The molecule has 0 spiro atoms. The number of nitrogens with zero attached hydrogens (tertiary/aromatic N) is 3. The Morgan fingerprint density at radius 2 is 1.75 bits per heavy atom. The molecule has 1 N–H and O–H groups in total. The van der Waals surface area contributed by atoms with E-state index in [2.05, 4.69) is 5.32 Å². The number of amides is 2. The summed E-state index contributed by atoms with van der Waals surface area (Å²) in [5, 5.41) is 2.91. The summed E-state index contributed by atoms with van der Waals surface area (Å²) in [7, 11) is 1.78. The Labute approximate surface area is 211 Å². The van der Waals surface area contributed by atoms with Gasteiger partial charge in [0.25, 0.3) is 5.91 Å². The van der Waals surface area contributed by atoms with E-state index >= 15 is 0 Å². The fraction of sp³-hybridized carbons (Fsp3) is 0.276. The van der Waals surface area contributed by atoms with Gasteiger partial charge in [0, 0.05) is 25.7 Å². The second-order valence-corrected chi connectivity index (χ2v) is 8.90. The smallest absolute Gasteiger partial charge is 0.257 e. The van der Waals surface area contributed by atoms with E-state index < -0.39 is 0 Å². The molecule has 186 valence electrons. The summed E-state index contributed by atoms with van der Waals surface area (Å²) < 4.78 is 7.66. The predicted octanol–water partition coefficient (Wildman–Crippen LogP) is 4.44. The van der Waals surface area contributed by atoms with E-state index in [0.717, 1.165) is 39.4 Å². The first-order valence-electron chi connectivity index (χ1n) is 12.1. The summed E-state index contributed by atoms with van der Waals surface area (Å²) in [6.07, 6.45) is 1.33. The molecule has 0 atom stereocenters. The highest BCUT2D eigenvalue weighted by Crippen LogP contribution is 2.20. The van der Waals surface area contributed by atoms with Crippen LogP contribution < -0.4 is 15.0 Å². The number of para-hydroxylation sites is 3. The Hall–Kier alpha value is -4.13. The van der Waals surface area contributed by atoms with Gasteiger partial charge < -0.3 is 19.5 Å². The van der Waals surface area contributed by atoms with Gasteiger partial charge in [0.1, 0.15) is 18.1 Å². The maximum Gasteiger partial charge on any atom is 0.257 e. The molecule has 0 saturated carbocycles. The molecular formula is C29H32N4O3. The molecule has 0 aliphatic carbocycles. The summed E-state index contributed by atoms with van der Waals surface area (Å²) >= 11 is 0. The number of carbonyl (C=O) groups excluding carboxylic acids is 2. The number of carbonyl (C=O) groups is 2. The van der Waals surface area contributed by atoms with E-state index in [0.29, 0.717) is 19.4 Å². The molecule has 4 aromatic rings. The first-order chi connectivity index (χ1) is 17.4. The second kappa shape index (κ2) is 11.5. The molecule has 0 saturated heterocycles. The summed E-state index contributed by atoms with van der Waals surface area (Å²) in [5.41, 5.74) is 4.72. The van der Waals surface area contributed by atoms with Gasteiger partial charge in [-0.15, -0.1) is 0 Å². The summed E-state index contributed by atoms with van der Waals surface area (Å²) in [6.45, 7) is 4.62. The number of ether oxygens (including phenoxy) is 1. The van der Waals surface area contributed by atoms with E-state index in [1.54, 1.807) is 11.9 Å². The third-order valence-corrected chi connectivity index (χ3v) is 6.15. The standard InChI is InChI=1S/C29H32N4O3/c1-21-15-16-22(2)26(18-21)36-20-28(34)30-17-9-14-27-31-24-12-7-8-13-25(24)33(27)19-29(35)32(3)23-10-5-4-6-11-23/h4-8,10-13,15-16,18H,9,14,17,19-20H2,1-3H3,(H,30,34). The molecule has 4 rings (SSSR count). The van der Waals surface area contributed by atoms with Gasteiger partial charge in [0.2, 0.25) is 5.91 Å². The summed E-state index contributed by atoms with van der Waals surface area (Å²) in [5.74, 6) is 1.36. The van der Waals surface area contributed by atoms with Crippen molar-refractivity contribution in [2.45, 2.75) is 33.2 Å². The van der Waals surface area contributed by atoms with E-state index in [-0.39, 0.29) is 25.0 Å². The van der Waals surface area contributed by atoms with E-state index in [4.69, 9.17) is 9.72 Å². The molecule has 36 heavy (non-hydrogen) atoms. The number of imidazole rings is 1. The molecule has 0 aliphatic heterocycles. The number of rotatable bonds is 10. The highest BCUT2D eigenvalue weighted by Gasteiger charge is 2.17. The van der Waals surface area contributed by atoms with Crippen molar-refractivity contribution in [1.29, 1.82) is 0 Å². The minimum atomic E-state index is -0.163. The Morgan fingerprint density at radius 3 is 2.56 bits per heavy atom. The predicted molar refractivity (Wildman–Crippen MR) is 142 cm³/mol. The first kappa shape index (κ1) is 25.0. The van der Waals surface area contributed by atoms with Gasteiger partial charge in [-0.25, -0.2) is 4.98 Å². The minimum Gasteiger partial charge on any atom is -0.483 e. The van der Waals surface area contributed by atoms with Crippen LogP contribution in [-0.4, -0.2) is 41.6 Å². The number of hydrogen-bond donors (Lipinski definition) is 1. The van der Waals surface area contributed by atoms with Crippen LogP contribution in [0.15, 0.2) is 72.8 Å². The van der Waals surface area contributed by atoms with Crippen LogP contribution >= 0.6 is 0 Å². The van der Waals surface area contributed by atoms with E-state index in [9.17, 15) is 9.59 Å². The van der Waals surface area contributed by atoms with Crippen LogP contribution in [0, 0.1) is 13.8 Å². The normalized spacial score (nSPS) is 10.9. The molecule has 0 radical (unpaired) electrons. The molecule has 2 amide bonds. The molecule has 0 unspecified atom stereocenters. The molecule has 7 nitrogen and oxygen atoms in total. The third kappa shape index (κ3) is 6.10. The van der Waals surface area contributed by atoms with Crippen LogP contribution in [-0.2, 0) is 22.6 Å². The molecular weight excluding hydrogens is 452 g/mol. The Balaban J connectivity index is 1.34. The number of benzene rings is 3. The maximum absolute atomic E-state index is 13.1. The molecule has 0 fully saturated rings. The summed E-state index contributed by atoms with van der Waals surface area (Å²) in [4.78, 5) is 31.8. The zero-order valence-electron chi connectivity index (χ0n) is 21.0. The average molecular weight is 485 g/mol. The highest BCUT2D eigenvalue weighted by molar-refractivity contribution is 5.93. The molecule has 7 heteroatoms. The molecule has 1 heterocycles. The lowest BCUT2D eigenvalue weighted by atomic mass is 10.1. The Bertz CT molecular complexity index is 1350. The zero-order chi connectivity index (χ0) is 25.5. The van der Waals surface area contributed by atoms with Crippen molar-refractivity contribution in [3.05, 3.63) is 89.7 Å². The number of nitrogens with one attached hydrogen (secondary N) is 1. The van der Waals surface area contributed by atoms with Crippen LogP contribution in [0.5, 0.6) is 5.75 Å². The second-order valence-electron chi connectivity index (χ2n) is 8.90. The van der Waals surface area contributed by atoms with Gasteiger partial charge in [-0.1, -0.05) is 42.5 Å². The molecule has 0 aliphatic rings. The number of aromatic nitrogens is 2. The van der Waals surface area contributed by atoms with Crippen molar-refractivity contribution in [1.82, 2.24) is 14.9 Å².